The van der Waals surface area contributed by atoms with E-state index in [4.69, 9.17) is 4.74 Å². The third-order valence-electron chi connectivity index (χ3n) is 3.89. The van der Waals surface area contributed by atoms with Gasteiger partial charge >= 0.3 is 12.1 Å². The maximum Gasteiger partial charge on any atom is 0.408 e. The Kier molecular flexibility index (Phi) is 5.43. The van der Waals surface area contributed by atoms with E-state index in [-0.39, 0.29) is 13.0 Å². The number of alkyl carbamates (subject to hydrolysis) is 1. The number of carbonyl (C=O) groups excluding carboxylic acids is 1. The number of rotatable bonds is 6. The van der Waals surface area contributed by atoms with Gasteiger partial charge in [0.15, 0.2) is 0 Å². The van der Waals surface area contributed by atoms with Crippen LogP contribution < -0.4 is 5.32 Å². The van der Waals surface area contributed by atoms with Crippen molar-refractivity contribution >= 4 is 23.0 Å². The number of para-hydroxylation sites is 1. The van der Waals surface area contributed by atoms with Crippen LogP contribution in [0.4, 0.5) is 4.79 Å². The molecule has 0 saturated heterocycles. The van der Waals surface area contributed by atoms with Gasteiger partial charge in [0, 0.05) is 18.0 Å². The summed E-state index contributed by atoms with van der Waals surface area (Å²) in [4.78, 5) is 27.7. The standard InChI is InChI=1S/C20H18N2O4/c23-19(24)18(22-20(25)26-13-14-6-2-1-3-7-14)11-15-10-16-8-4-5-9-17(16)21-12-15/h1-10,12,18H,11,13H2,(H,22,25)(H,23,24)/t18-/m1/s1. The van der Waals surface area contributed by atoms with Gasteiger partial charge in [-0.2, -0.15) is 0 Å². The van der Waals surface area contributed by atoms with Crippen molar-refractivity contribution in [3.63, 3.8) is 0 Å². The van der Waals surface area contributed by atoms with Crippen molar-refractivity contribution in [2.45, 2.75) is 19.1 Å². The van der Waals surface area contributed by atoms with E-state index in [1.165, 1.54) is 0 Å². The molecule has 3 aromatic rings. The Morgan fingerprint density at radius 3 is 2.54 bits per heavy atom. The molecule has 0 saturated carbocycles. The first-order valence-electron chi connectivity index (χ1n) is 8.15. The molecule has 1 aromatic heterocycles. The van der Waals surface area contributed by atoms with E-state index in [2.05, 4.69) is 10.3 Å². The summed E-state index contributed by atoms with van der Waals surface area (Å²) in [7, 11) is 0. The van der Waals surface area contributed by atoms with Gasteiger partial charge < -0.3 is 15.2 Å². The largest absolute Gasteiger partial charge is 0.480 e. The first-order chi connectivity index (χ1) is 12.6. The predicted molar refractivity (Wildman–Crippen MR) is 96.6 cm³/mol. The topological polar surface area (TPSA) is 88.5 Å². The lowest BCUT2D eigenvalue weighted by Crippen LogP contribution is -2.42. The zero-order valence-electron chi connectivity index (χ0n) is 14.0. The number of nitrogens with zero attached hydrogens (tertiary/aromatic N) is 1. The maximum atomic E-state index is 11.9. The fourth-order valence-electron chi connectivity index (χ4n) is 2.57. The molecule has 2 N–H and O–H groups in total. The first-order valence-corrected chi connectivity index (χ1v) is 8.15. The number of carbonyl (C=O) groups is 2. The van der Waals surface area contributed by atoms with Crippen molar-refractivity contribution in [1.82, 2.24) is 10.3 Å². The number of fused-ring (bicyclic) bond motifs is 1. The quantitative estimate of drug-likeness (QED) is 0.713. The van der Waals surface area contributed by atoms with Gasteiger partial charge in [0.05, 0.1) is 5.52 Å². The summed E-state index contributed by atoms with van der Waals surface area (Å²) in [6.45, 7) is 0.0799. The number of amides is 1. The smallest absolute Gasteiger partial charge is 0.408 e. The van der Waals surface area contributed by atoms with Gasteiger partial charge in [-0.25, -0.2) is 9.59 Å². The fraction of sp³-hybridized carbons (Fsp3) is 0.150. The number of hydrogen-bond acceptors (Lipinski definition) is 4. The van der Waals surface area contributed by atoms with Crippen LogP contribution >= 0.6 is 0 Å². The lowest BCUT2D eigenvalue weighted by Gasteiger charge is -2.15. The zero-order valence-corrected chi connectivity index (χ0v) is 14.0. The van der Waals surface area contributed by atoms with E-state index in [9.17, 15) is 14.7 Å². The number of aromatic nitrogens is 1. The van der Waals surface area contributed by atoms with Crippen molar-refractivity contribution in [3.8, 4) is 0 Å². The number of carboxylic acids is 1. The van der Waals surface area contributed by atoms with Crippen LogP contribution in [-0.4, -0.2) is 28.2 Å². The van der Waals surface area contributed by atoms with E-state index >= 15 is 0 Å². The molecule has 1 atom stereocenters. The Labute approximate surface area is 150 Å². The summed E-state index contributed by atoms with van der Waals surface area (Å²) in [5.41, 5.74) is 2.38. The van der Waals surface area contributed by atoms with Crippen LogP contribution in [0.25, 0.3) is 10.9 Å². The molecule has 0 unspecified atom stereocenters. The Morgan fingerprint density at radius 1 is 1.04 bits per heavy atom. The van der Waals surface area contributed by atoms with Crippen LogP contribution in [-0.2, 0) is 22.6 Å². The minimum atomic E-state index is -1.13. The molecule has 1 heterocycles. The number of aliphatic carboxylic acids is 1. The lowest BCUT2D eigenvalue weighted by molar-refractivity contribution is -0.139. The second-order valence-electron chi connectivity index (χ2n) is 5.84. The van der Waals surface area contributed by atoms with Gasteiger partial charge in [-0.3, -0.25) is 4.98 Å². The molecule has 0 bridgehead atoms. The molecule has 6 nitrogen and oxygen atoms in total. The van der Waals surface area contributed by atoms with Crippen LogP contribution in [0.1, 0.15) is 11.1 Å². The van der Waals surface area contributed by atoms with Crippen LogP contribution in [0.2, 0.25) is 0 Å². The molecule has 0 fully saturated rings. The Bertz CT molecular complexity index is 912. The van der Waals surface area contributed by atoms with Crippen molar-refractivity contribution < 1.29 is 19.4 Å². The van der Waals surface area contributed by atoms with E-state index in [0.29, 0.717) is 0 Å². The van der Waals surface area contributed by atoms with Gasteiger partial charge in [0.25, 0.3) is 0 Å². The molecule has 0 aliphatic carbocycles. The molecular formula is C20H18N2O4. The fourth-order valence-corrected chi connectivity index (χ4v) is 2.57. The summed E-state index contributed by atoms with van der Waals surface area (Å²) in [6.07, 6.45) is 0.970. The third-order valence-corrected chi connectivity index (χ3v) is 3.89. The Balaban J connectivity index is 1.62. The van der Waals surface area contributed by atoms with Gasteiger partial charge in [0.1, 0.15) is 12.6 Å². The van der Waals surface area contributed by atoms with Crippen LogP contribution in [0, 0.1) is 0 Å². The molecule has 0 spiro atoms. The Hall–Kier alpha value is -3.41. The molecule has 2 aromatic carbocycles. The number of ether oxygens (including phenoxy) is 1. The number of benzene rings is 2. The molecule has 0 aliphatic rings. The second-order valence-corrected chi connectivity index (χ2v) is 5.84. The van der Waals surface area contributed by atoms with Gasteiger partial charge in [-0.05, 0) is 23.3 Å². The highest BCUT2D eigenvalue weighted by molar-refractivity contribution is 5.81. The number of pyridine rings is 1. The summed E-state index contributed by atoms with van der Waals surface area (Å²) >= 11 is 0. The average Bonchev–Trinajstić information content (AvgIpc) is 2.66. The van der Waals surface area contributed by atoms with E-state index in [0.717, 1.165) is 22.0 Å². The second kappa shape index (κ2) is 8.11. The van der Waals surface area contributed by atoms with Crippen molar-refractivity contribution in [3.05, 3.63) is 78.0 Å². The zero-order chi connectivity index (χ0) is 18.4. The molecule has 132 valence electrons. The van der Waals surface area contributed by atoms with E-state index < -0.39 is 18.1 Å². The van der Waals surface area contributed by atoms with Crippen LogP contribution in [0.15, 0.2) is 66.9 Å². The molecule has 0 radical (unpaired) electrons. The summed E-state index contributed by atoms with van der Waals surface area (Å²) in [5.74, 6) is -1.13. The molecule has 6 heteroatoms. The van der Waals surface area contributed by atoms with Gasteiger partial charge in [0.2, 0.25) is 0 Å². The molecule has 3 rings (SSSR count). The molecule has 1 amide bonds. The van der Waals surface area contributed by atoms with Gasteiger partial charge in [-0.15, -0.1) is 0 Å². The number of nitrogens with one attached hydrogen (secondary N) is 1. The van der Waals surface area contributed by atoms with Gasteiger partial charge in [-0.1, -0.05) is 48.5 Å². The molecule has 26 heavy (non-hydrogen) atoms. The highest BCUT2D eigenvalue weighted by Gasteiger charge is 2.21. The maximum absolute atomic E-state index is 11.9. The lowest BCUT2D eigenvalue weighted by atomic mass is 10.1. The predicted octanol–water partition coefficient (Wildman–Crippen LogP) is 3.16. The Morgan fingerprint density at radius 2 is 1.77 bits per heavy atom. The molecular weight excluding hydrogens is 332 g/mol. The highest BCUT2D eigenvalue weighted by Crippen LogP contribution is 2.14. The first kappa shape index (κ1) is 17.4. The van der Waals surface area contributed by atoms with Crippen molar-refractivity contribution in [1.29, 1.82) is 0 Å². The molecule has 0 aliphatic heterocycles. The van der Waals surface area contributed by atoms with E-state index in [1.54, 1.807) is 6.20 Å². The third kappa shape index (κ3) is 4.57. The summed E-state index contributed by atoms with van der Waals surface area (Å²) in [5, 5.41) is 12.7. The monoisotopic (exact) mass is 350 g/mol. The summed E-state index contributed by atoms with van der Waals surface area (Å²) < 4.78 is 5.09. The van der Waals surface area contributed by atoms with Crippen molar-refractivity contribution in [2.75, 3.05) is 0 Å². The average molecular weight is 350 g/mol. The summed E-state index contributed by atoms with van der Waals surface area (Å²) in [6, 6.07) is 17.5. The minimum absolute atomic E-state index is 0.0799. The van der Waals surface area contributed by atoms with Crippen molar-refractivity contribution in [2.24, 2.45) is 0 Å². The number of carboxylic acid groups (broad SMARTS) is 1. The van der Waals surface area contributed by atoms with E-state index in [1.807, 2.05) is 60.7 Å². The number of hydrogen-bond donors (Lipinski definition) is 2. The SMILES string of the molecule is O=C(N[C@H](Cc1cnc2ccccc2c1)C(=O)O)OCc1ccccc1. The normalized spacial score (nSPS) is 11.7. The van der Waals surface area contributed by atoms with Crippen LogP contribution in [0.3, 0.4) is 0 Å². The minimum Gasteiger partial charge on any atom is -0.480 e. The highest BCUT2D eigenvalue weighted by atomic mass is 16.5. The van der Waals surface area contributed by atoms with Crippen LogP contribution in [0.5, 0.6) is 0 Å².